The van der Waals surface area contributed by atoms with Crippen molar-refractivity contribution in [1.29, 1.82) is 0 Å². The monoisotopic (exact) mass is 367 g/mol. The van der Waals surface area contributed by atoms with Crippen LogP contribution in [-0.2, 0) is 9.59 Å². The van der Waals surface area contributed by atoms with E-state index in [0.29, 0.717) is 12.2 Å². The van der Waals surface area contributed by atoms with E-state index in [0.717, 1.165) is 0 Å². The summed E-state index contributed by atoms with van der Waals surface area (Å²) in [5.41, 5.74) is 0. The van der Waals surface area contributed by atoms with Crippen LogP contribution in [0.3, 0.4) is 0 Å². The Morgan fingerprint density at radius 1 is 1.04 bits per heavy atom. The number of halogens is 1. The molecule has 25 heavy (non-hydrogen) atoms. The highest BCUT2D eigenvalue weighted by atomic mass is 28.3. The minimum Gasteiger partial charge on any atom is -0.478 e. The van der Waals surface area contributed by atoms with Crippen molar-refractivity contribution < 1.29 is 24.2 Å². The molecule has 2 rings (SSSR count). The van der Waals surface area contributed by atoms with Gasteiger partial charge >= 0.3 is 11.9 Å². The van der Waals surface area contributed by atoms with E-state index in [1.54, 1.807) is 12.1 Å². The van der Waals surface area contributed by atoms with Crippen LogP contribution in [0.1, 0.15) is 19.3 Å². The fourth-order valence-corrected chi connectivity index (χ4v) is 5.50. The normalized spacial score (nSPS) is 15.5. The van der Waals surface area contributed by atoms with Gasteiger partial charge in [-0.1, -0.05) is 36.8 Å². The SMILES string of the molecule is C[Si](C)(CN1CCCCC1)c1ccc(F)cc1.O=C(O)/C=C/C(=O)O. The second kappa shape index (κ2) is 10.1. The molecule has 1 aromatic rings. The molecule has 0 radical (unpaired) electrons. The van der Waals surface area contributed by atoms with E-state index in [9.17, 15) is 14.0 Å². The number of carboxylic acids is 2. The number of likely N-dealkylation sites (tertiary alicyclic amines) is 1. The molecule has 1 aromatic carbocycles. The van der Waals surface area contributed by atoms with Crippen LogP contribution >= 0.6 is 0 Å². The predicted molar refractivity (Wildman–Crippen MR) is 98.2 cm³/mol. The minimum atomic E-state index is -1.43. The number of nitrogens with zero attached hydrogens (tertiary/aromatic N) is 1. The van der Waals surface area contributed by atoms with Crippen molar-refractivity contribution in [3.05, 3.63) is 42.2 Å². The number of carboxylic acid groups (broad SMARTS) is 2. The molecule has 7 heteroatoms. The van der Waals surface area contributed by atoms with Gasteiger partial charge in [0.2, 0.25) is 0 Å². The van der Waals surface area contributed by atoms with Crippen LogP contribution in [0.15, 0.2) is 36.4 Å². The summed E-state index contributed by atoms with van der Waals surface area (Å²) < 4.78 is 12.9. The van der Waals surface area contributed by atoms with Gasteiger partial charge in [0.15, 0.2) is 0 Å². The Labute approximate surface area is 148 Å². The molecule has 2 N–H and O–H groups in total. The predicted octanol–water partition coefficient (Wildman–Crippen LogP) is 2.48. The summed E-state index contributed by atoms with van der Waals surface area (Å²) in [5.74, 6) is -2.64. The Hall–Kier alpha value is -1.99. The van der Waals surface area contributed by atoms with Gasteiger partial charge in [-0.15, -0.1) is 0 Å². The van der Waals surface area contributed by atoms with E-state index in [1.165, 1.54) is 43.7 Å². The molecule has 0 spiro atoms. The lowest BCUT2D eigenvalue weighted by Crippen LogP contribution is -2.52. The number of piperidine rings is 1. The number of rotatable bonds is 5. The van der Waals surface area contributed by atoms with Crippen molar-refractivity contribution >= 4 is 25.2 Å². The molecule has 0 bridgehead atoms. The third kappa shape index (κ3) is 8.60. The maximum absolute atomic E-state index is 12.9. The molecule has 1 heterocycles. The van der Waals surface area contributed by atoms with Gasteiger partial charge in [-0.2, -0.15) is 0 Å². The number of hydrogen-bond acceptors (Lipinski definition) is 3. The fourth-order valence-electron chi connectivity index (χ4n) is 2.81. The lowest BCUT2D eigenvalue weighted by Gasteiger charge is -2.34. The van der Waals surface area contributed by atoms with E-state index in [1.807, 2.05) is 12.1 Å². The van der Waals surface area contributed by atoms with Crippen LogP contribution in [0.4, 0.5) is 4.39 Å². The van der Waals surface area contributed by atoms with Gasteiger partial charge in [0.05, 0.1) is 8.07 Å². The second-order valence-electron chi connectivity index (χ2n) is 6.74. The van der Waals surface area contributed by atoms with Gasteiger partial charge in [-0.3, -0.25) is 0 Å². The standard InChI is InChI=1S/C14H22FNSi.C4H4O4/c1-17(2,12-16-10-4-3-5-11-16)14-8-6-13(15)7-9-14;5-3(6)1-2-4(7)8/h6-9H,3-5,10-12H2,1-2H3;1-2H,(H,5,6)(H,7,8)/b;2-1+. The summed E-state index contributed by atoms with van der Waals surface area (Å²) in [7, 11) is -1.43. The molecular formula is C18H26FNO4Si. The van der Waals surface area contributed by atoms with Crippen molar-refractivity contribution in [1.82, 2.24) is 4.90 Å². The van der Waals surface area contributed by atoms with Gasteiger partial charge in [0.1, 0.15) is 5.82 Å². The molecular weight excluding hydrogens is 341 g/mol. The Morgan fingerprint density at radius 3 is 1.96 bits per heavy atom. The van der Waals surface area contributed by atoms with Crippen LogP contribution in [0.25, 0.3) is 0 Å². The summed E-state index contributed by atoms with van der Waals surface area (Å²) in [5, 5.41) is 17.0. The number of benzene rings is 1. The van der Waals surface area contributed by atoms with Crippen LogP contribution in [0.2, 0.25) is 13.1 Å². The zero-order valence-electron chi connectivity index (χ0n) is 14.7. The van der Waals surface area contributed by atoms with Crippen LogP contribution in [0, 0.1) is 5.82 Å². The minimum absolute atomic E-state index is 0.128. The van der Waals surface area contributed by atoms with E-state index < -0.39 is 20.0 Å². The lowest BCUT2D eigenvalue weighted by atomic mass is 10.1. The molecule has 0 aliphatic carbocycles. The van der Waals surface area contributed by atoms with Crippen molar-refractivity contribution in [2.24, 2.45) is 0 Å². The molecule has 1 aliphatic rings. The Balaban J connectivity index is 0.000000333. The topological polar surface area (TPSA) is 77.8 Å². The fraction of sp³-hybridized carbons (Fsp3) is 0.444. The summed E-state index contributed by atoms with van der Waals surface area (Å²) >= 11 is 0. The van der Waals surface area contributed by atoms with Gasteiger partial charge in [-0.05, 0) is 44.2 Å². The quantitative estimate of drug-likeness (QED) is 0.617. The Kier molecular flexibility index (Phi) is 8.51. The smallest absolute Gasteiger partial charge is 0.328 e. The van der Waals surface area contributed by atoms with Gasteiger partial charge in [0.25, 0.3) is 0 Å². The molecule has 0 aromatic heterocycles. The van der Waals surface area contributed by atoms with Crippen molar-refractivity contribution in [2.45, 2.75) is 32.4 Å². The van der Waals surface area contributed by atoms with Crippen LogP contribution in [-0.4, -0.2) is 54.4 Å². The molecule has 1 aliphatic heterocycles. The Morgan fingerprint density at radius 2 is 1.52 bits per heavy atom. The van der Waals surface area contributed by atoms with E-state index in [2.05, 4.69) is 18.0 Å². The molecule has 0 unspecified atom stereocenters. The zero-order chi connectivity index (χ0) is 18.9. The third-order valence-electron chi connectivity index (χ3n) is 4.06. The number of carbonyl (C=O) groups is 2. The van der Waals surface area contributed by atoms with E-state index >= 15 is 0 Å². The van der Waals surface area contributed by atoms with Gasteiger partial charge in [-0.25, -0.2) is 14.0 Å². The first-order chi connectivity index (χ1) is 11.7. The second-order valence-corrected chi connectivity index (χ2v) is 11.4. The van der Waals surface area contributed by atoms with E-state index in [4.69, 9.17) is 10.2 Å². The highest BCUT2D eigenvalue weighted by Crippen LogP contribution is 2.13. The molecule has 1 fully saturated rings. The molecule has 0 atom stereocenters. The summed E-state index contributed by atoms with van der Waals surface area (Å²) in [6.45, 7) is 7.26. The van der Waals surface area contributed by atoms with Crippen LogP contribution in [0.5, 0.6) is 0 Å². The first-order valence-corrected chi connectivity index (χ1v) is 11.5. The summed E-state index contributed by atoms with van der Waals surface area (Å²) in [6, 6.07) is 7.15. The average molecular weight is 367 g/mol. The third-order valence-corrected chi connectivity index (χ3v) is 7.20. The molecule has 0 amide bonds. The van der Waals surface area contributed by atoms with Crippen molar-refractivity contribution in [3.8, 4) is 0 Å². The highest BCUT2D eigenvalue weighted by molar-refractivity contribution is 6.89. The van der Waals surface area contributed by atoms with Gasteiger partial charge < -0.3 is 15.1 Å². The average Bonchev–Trinajstić information content (AvgIpc) is 2.54. The zero-order valence-corrected chi connectivity index (χ0v) is 15.7. The maximum Gasteiger partial charge on any atom is 0.328 e. The summed E-state index contributed by atoms with van der Waals surface area (Å²) in [4.78, 5) is 21.7. The Bertz CT molecular complexity index is 580. The molecule has 5 nitrogen and oxygen atoms in total. The first kappa shape index (κ1) is 21.1. The number of aliphatic carboxylic acids is 2. The molecule has 1 saturated heterocycles. The maximum atomic E-state index is 12.9. The lowest BCUT2D eigenvalue weighted by molar-refractivity contribution is -0.134. The first-order valence-electron chi connectivity index (χ1n) is 8.33. The van der Waals surface area contributed by atoms with Gasteiger partial charge in [0, 0.05) is 12.2 Å². The summed E-state index contributed by atoms with van der Waals surface area (Å²) in [6.07, 6.45) is 6.39. The largest absolute Gasteiger partial charge is 0.478 e. The van der Waals surface area contributed by atoms with Crippen molar-refractivity contribution in [2.75, 3.05) is 19.3 Å². The molecule has 138 valence electrons. The van der Waals surface area contributed by atoms with Crippen molar-refractivity contribution in [3.63, 3.8) is 0 Å². The molecule has 0 saturated carbocycles. The van der Waals surface area contributed by atoms with Crippen LogP contribution < -0.4 is 5.19 Å². The van der Waals surface area contributed by atoms with E-state index in [-0.39, 0.29) is 5.82 Å². The highest BCUT2D eigenvalue weighted by Gasteiger charge is 2.27. The number of hydrogen-bond donors (Lipinski definition) is 2.